The molecule has 2 aromatic heterocycles. The van der Waals surface area contributed by atoms with E-state index in [4.69, 9.17) is 5.73 Å². The number of hydrogen-bond acceptors (Lipinski definition) is 8. The van der Waals surface area contributed by atoms with Gasteiger partial charge in [0.15, 0.2) is 9.84 Å². The number of sulfone groups is 1. The highest BCUT2D eigenvalue weighted by Gasteiger charge is 2.15. The van der Waals surface area contributed by atoms with E-state index in [1.54, 1.807) is 36.7 Å². The number of hydrogen-bond donors (Lipinski definition) is 2. The molecule has 9 heteroatoms. The minimum atomic E-state index is -3.28. The van der Waals surface area contributed by atoms with Gasteiger partial charge in [-0.25, -0.2) is 23.4 Å². The van der Waals surface area contributed by atoms with Gasteiger partial charge in [0.1, 0.15) is 12.1 Å². The molecule has 3 N–H and O–H groups in total. The van der Waals surface area contributed by atoms with E-state index in [9.17, 15) is 8.42 Å². The van der Waals surface area contributed by atoms with E-state index in [-0.39, 0.29) is 10.8 Å². The number of aryl methyl sites for hydroxylation is 1. The fourth-order valence-electron chi connectivity index (χ4n) is 2.68. The zero-order chi connectivity index (χ0) is 19.4. The Bertz CT molecular complexity index is 1050. The molecule has 0 atom stereocenters. The summed E-state index contributed by atoms with van der Waals surface area (Å²) in [7, 11) is -3.28. The van der Waals surface area contributed by atoms with Crippen molar-refractivity contribution in [2.75, 3.05) is 17.3 Å². The molecular formula is C18H20N6O2S. The van der Waals surface area contributed by atoms with Crippen LogP contribution in [0.4, 0.5) is 11.8 Å². The topological polar surface area (TPSA) is 124 Å². The quantitative estimate of drug-likeness (QED) is 0.662. The molecule has 27 heavy (non-hydrogen) atoms. The Morgan fingerprint density at radius 1 is 1.15 bits per heavy atom. The molecule has 0 radical (unpaired) electrons. The van der Waals surface area contributed by atoms with Crippen molar-refractivity contribution in [2.24, 2.45) is 0 Å². The molecule has 0 saturated heterocycles. The molecule has 1 aromatic carbocycles. The first kappa shape index (κ1) is 18.7. The van der Waals surface area contributed by atoms with E-state index in [1.807, 2.05) is 6.92 Å². The zero-order valence-corrected chi connectivity index (χ0v) is 15.9. The molecule has 0 saturated carbocycles. The Kier molecular flexibility index (Phi) is 5.31. The molecule has 0 fully saturated rings. The summed E-state index contributed by atoms with van der Waals surface area (Å²) >= 11 is 0. The van der Waals surface area contributed by atoms with Crippen LogP contribution in [0.25, 0.3) is 11.1 Å². The standard InChI is InChI=1S/C18H20N6O2S/c1-3-12-8-14(27(2,25)26)4-5-15(12)16-10-22-18(19)24-17(16)21-9-13-6-7-20-11-23-13/h4-8,10-11H,3,9H2,1-2H3,(H3,19,21,22,24). The van der Waals surface area contributed by atoms with Crippen LogP contribution in [0.1, 0.15) is 18.2 Å². The van der Waals surface area contributed by atoms with Crippen LogP contribution in [0.2, 0.25) is 0 Å². The molecule has 0 unspecified atom stereocenters. The van der Waals surface area contributed by atoms with Crippen LogP contribution in [-0.2, 0) is 22.8 Å². The highest BCUT2D eigenvalue weighted by molar-refractivity contribution is 7.90. The maximum atomic E-state index is 11.9. The Hall–Kier alpha value is -3.07. The van der Waals surface area contributed by atoms with Gasteiger partial charge in [0.25, 0.3) is 0 Å². The van der Waals surface area contributed by atoms with Gasteiger partial charge in [-0.2, -0.15) is 4.98 Å². The van der Waals surface area contributed by atoms with Crippen molar-refractivity contribution in [3.8, 4) is 11.1 Å². The highest BCUT2D eigenvalue weighted by atomic mass is 32.2. The molecule has 0 amide bonds. The fourth-order valence-corrected chi connectivity index (χ4v) is 3.35. The first-order chi connectivity index (χ1) is 12.9. The number of aromatic nitrogens is 4. The summed E-state index contributed by atoms with van der Waals surface area (Å²) < 4.78 is 23.7. The summed E-state index contributed by atoms with van der Waals surface area (Å²) in [4.78, 5) is 16.8. The van der Waals surface area contributed by atoms with E-state index >= 15 is 0 Å². The number of nitrogens with two attached hydrogens (primary N) is 1. The maximum absolute atomic E-state index is 11.9. The lowest BCUT2D eigenvalue weighted by Gasteiger charge is -2.14. The maximum Gasteiger partial charge on any atom is 0.221 e. The average molecular weight is 384 g/mol. The highest BCUT2D eigenvalue weighted by Crippen LogP contribution is 2.31. The minimum absolute atomic E-state index is 0.148. The summed E-state index contributed by atoms with van der Waals surface area (Å²) in [5.74, 6) is 0.706. The Balaban J connectivity index is 2.01. The smallest absolute Gasteiger partial charge is 0.221 e. The van der Waals surface area contributed by atoms with Crippen molar-refractivity contribution < 1.29 is 8.42 Å². The van der Waals surface area contributed by atoms with E-state index < -0.39 is 9.84 Å². The molecule has 140 valence electrons. The summed E-state index contributed by atoms with van der Waals surface area (Å²) in [6, 6.07) is 6.86. The van der Waals surface area contributed by atoms with Crippen LogP contribution < -0.4 is 11.1 Å². The van der Waals surface area contributed by atoms with Gasteiger partial charge in [-0.1, -0.05) is 13.0 Å². The van der Waals surface area contributed by atoms with Gasteiger partial charge in [-0.15, -0.1) is 0 Å². The average Bonchev–Trinajstić information content (AvgIpc) is 2.66. The predicted molar refractivity (Wildman–Crippen MR) is 104 cm³/mol. The predicted octanol–water partition coefficient (Wildman–Crippen LogP) is 2.09. The molecule has 3 rings (SSSR count). The Morgan fingerprint density at radius 3 is 2.63 bits per heavy atom. The summed E-state index contributed by atoms with van der Waals surface area (Å²) in [6.07, 6.45) is 6.64. The fraction of sp³-hybridized carbons (Fsp3) is 0.222. The molecule has 2 heterocycles. The van der Waals surface area contributed by atoms with Crippen LogP contribution in [0.5, 0.6) is 0 Å². The van der Waals surface area contributed by atoms with E-state index in [2.05, 4.69) is 25.3 Å². The van der Waals surface area contributed by atoms with Crippen LogP contribution in [0, 0.1) is 0 Å². The van der Waals surface area contributed by atoms with Gasteiger partial charge in [-0.05, 0) is 35.7 Å². The Morgan fingerprint density at radius 2 is 1.96 bits per heavy atom. The molecule has 0 spiro atoms. The van der Waals surface area contributed by atoms with Crippen molar-refractivity contribution >= 4 is 21.6 Å². The molecular weight excluding hydrogens is 364 g/mol. The van der Waals surface area contributed by atoms with Gasteiger partial charge in [-0.3, -0.25) is 0 Å². The second-order valence-electron chi connectivity index (χ2n) is 5.99. The lowest BCUT2D eigenvalue weighted by atomic mass is 9.99. The van der Waals surface area contributed by atoms with Gasteiger partial charge in [0.05, 0.1) is 17.1 Å². The van der Waals surface area contributed by atoms with Gasteiger partial charge in [0.2, 0.25) is 5.95 Å². The summed E-state index contributed by atoms with van der Waals surface area (Å²) in [5.41, 5.74) is 9.05. The molecule has 0 aliphatic carbocycles. The Labute approximate surface area is 157 Å². The summed E-state index contributed by atoms with van der Waals surface area (Å²) in [5, 5.41) is 3.23. The van der Waals surface area contributed by atoms with Crippen molar-refractivity contribution in [2.45, 2.75) is 24.8 Å². The SMILES string of the molecule is CCc1cc(S(C)(=O)=O)ccc1-c1cnc(N)nc1NCc1ccncn1. The van der Waals surface area contributed by atoms with E-state index in [0.717, 1.165) is 22.4 Å². The second kappa shape index (κ2) is 7.67. The number of nitrogens with one attached hydrogen (secondary N) is 1. The second-order valence-corrected chi connectivity index (χ2v) is 8.01. The van der Waals surface area contributed by atoms with Crippen molar-refractivity contribution in [1.29, 1.82) is 0 Å². The third-order valence-electron chi connectivity index (χ3n) is 4.06. The van der Waals surface area contributed by atoms with Crippen molar-refractivity contribution in [1.82, 2.24) is 19.9 Å². The monoisotopic (exact) mass is 384 g/mol. The van der Waals surface area contributed by atoms with Crippen LogP contribution in [0.3, 0.4) is 0 Å². The van der Waals surface area contributed by atoms with Crippen LogP contribution in [-0.4, -0.2) is 34.6 Å². The lowest BCUT2D eigenvalue weighted by Crippen LogP contribution is -2.08. The number of anilines is 2. The summed E-state index contributed by atoms with van der Waals surface area (Å²) in [6.45, 7) is 2.41. The largest absolute Gasteiger partial charge is 0.368 e. The van der Waals surface area contributed by atoms with Crippen LogP contribution in [0.15, 0.2) is 47.9 Å². The molecule has 0 bridgehead atoms. The first-order valence-corrected chi connectivity index (χ1v) is 10.2. The van der Waals surface area contributed by atoms with E-state index in [1.165, 1.54) is 12.6 Å². The molecule has 0 aliphatic heterocycles. The first-order valence-electron chi connectivity index (χ1n) is 8.33. The van der Waals surface area contributed by atoms with Crippen LogP contribution >= 0.6 is 0 Å². The minimum Gasteiger partial charge on any atom is -0.368 e. The number of nitrogens with zero attached hydrogens (tertiary/aromatic N) is 4. The third kappa shape index (κ3) is 4.37. The number of nitrogen functional groups attached to an aromatic ring is 1. The van der Waals surface area contributed by atoms with E-state index in [0.29, 0.717) is 18.8 Å². The molecule has 8 nitrogen and oxygen atoms in total. The third-order valence-corrected chi connectivity index (χ3v) is 5.17. The van der Waals surface area contributed by atoms with Gasteiger partial charge in [0, 0.05) is 24.2 Å². The van der Waals surface area contributed by atoms with Gasteiger partial charge < -0.3 is 11.1 Å². The number of benzene rings is 1. The number of rotatable bonds is 6. The van der Waals surface area contributed by atoms with Crippen molar-refractivity contribution in [3.63, 3.8) is 0 Å². The zero-order valence-electron chi connectivity index (χ0n) is 15.0. The molecule has 0 aliphatic rings. The van der Waals surface area contributed by atoms with Crippen molar-refractivity contribution in [3.05, 3.63) is 54.2 Å². The lowest BCUT2D eigenvalue weighted by molar-refractivity contribution is 0.602. The normalized spacial score (nSPS) is 11.3. The van der Waals surface area contributed by atoms with Gasteiger partial charge >= 0.3 is 0 Å². The molecule has 3 aromatic rings.